The minimum absolute atomic E-state index is 0.0313. The summed E-state index contributed by atoms with van der Waals surface area (Å²) in [6.07, 6.45) is 0.843. The van der Waals surface area contributed by atoms with Crippen LogP contribution in [0.5, 0.6) is 11.5 Å². The molecule has 3 aromatic rings. The van der Waals surface area contributed by atoms with E-state index in [2.05, 4.69) is 71.9 Å². The second-order valence-electron chi connectivity index (χ2n) is 9.58. The van der Waals surface area contributed by atoms with Gasteiger partial charge in [0.15, 0.2) is 6.29 Å². The van der Waals surface area contributed by atoms with Crippen LogP contribution in [0.2, 0.25) is 0 Å². The summed E-state index contributed by atoms with van der Waals surface area (Å²) in [6.45, 7) is 13.1. The van der Waals surface area contributed by atoms with E-state index in [0.717, 1.165) is 23.2 Å². The molecule has 2 nitrogen and oxygen atoms in total. The van der Waals surface area contributed by atoms with Gasteiger partial charge in [-0.15, -0.1) is 0 Å². The van der Waals surface area contributed by atoms with Gasteiger partial charge < -0.3 is 4.74 Å². The SMILES string of the molecule is CC(C)(C)c1ccc(-c2ccc(C=O)c(Oc3cccc(C(C)(C)C)c3)c2)cc1. The molecule has 0 saturated heterocycles. The molecule has 0 heterocycles. The monoisotopic (exact) mass is 386 g/mol. The van der Waals surface area contributed by atoms with Crippen molar-refractivity contribution < 1.29 is 9.53 Å². The number of rotatable bonds is 4. The molecule has 0 aliphatic carbocycles. The van der Waals surface area contributed by atoms with Crippen molar-refractivity contribution in [3.63, 3.8) is 0 Å². The zero-order chi connectivity index (χ0) is 21.2. The number of benzene rings is 3. The van der Waals surface area contributed by atoms with Gasteiger partial charge in [-0.1, -0.05) is 84.0 Å². The van der Waals surface area contributed by atoms with Crippen LogP contribution in [0.1, 0.15) is 63.0 Å². The maximum absolute atomic E-state index is 11.6. The number of carbonyl (C=O) groups is 1. The summed E-state index contributed by atoms with van der Waals surface area (Å²) in [6, 6.07) is 22.4. The first kappa shape index (κ1) is 20.9. The largest absolute Gasteiger partial charge is 0.457 e. The molecule has 0 fully saturated rings. The third-order valence-corrected chi connectivity index (χ3v) is 5.15. The van der Waals surface area contributed by atoms with E-state index in [1.807, 2.05) is 36.4 Å². The highest BCUT2D eigenvalue weighted by atomic mass is 16.5. The van der Waals surface area contributed by atoms with E-state index in [1.165, 1.54) is 11.1 Å². The molecule has 3 aromatic carbocycles. The van der Waals surface area contributed by atoms with Gasteiger partial charge in [-0.25, -0.2) is 0 Å². The van der Waals surface area contributed by atoms with Crippen molar-refractivity contribution in [1.29, 1.82) is 0 Å². The molecule has 0 aliphatic rings. The first-order valence-corrected chi connectivity index (χ1v) is 10.1. The van der Waals surface area contributed by atoms with Crippen molar-refractivity contribution in [1.82, 2.24) is 0 Å². The van der Waals surface area contributed by atoms with E-state index >= 15 is 0 Å². The summed E-state index contributed by atoms with van der Waals surface area (Å²) in [5, 5.41) is 0. The molecule has 0 N–H and O–H groups in total. The van der Waals surface area contributed by atoms with Crippen LogP contribution in [-0.4, -0.2) is 6.29 Å². The van der Waals surface area contributed by atoms with Crippen LogP contribution in [0.3, 0.4) is 0 Å². The maximum atomic E-state index is 11.6. The zero-order valence-corrected chi connectivity index (χ0v) is 18.2. The predicted octanol–water partition coefficient (Wildman–Crippen LogP) is 7.55. The minimum Gasteiger partial charge on any atom is -0.457 e. The van der Waals surface area contributed by atoms with Gasteiger partial charge in [0.2, 0.25) is 0 Å². The lowest BCUT2D eigenvalue weighted by atomic mass is 9.86. The molecule has 0 bridgehead atoms. The Bertz CT molecular complexity index is 1000. The van der Waals surface area contributed by atoms with Crippen molar-refractivity contribution in [2.75, 3.05) is 0 Å². The van der Waals surface area contributed by atoms with Gasteiger partial charge in [-0.2, -0.15) is 0 Å². The van der Waals surface area contributed by atoms with Crippen LogP contribution in [0.25, 0.3) is 11.1 Å². The van der Waals surface area contributed by atoms with Gasteiger partial charge in [0, 0.05) is 0 Å². The van der Waals surface area contributed by atoms with Crippen LogP contribution < -0.4 is 4.74 Å². The van der Waals surface area contributed by atoms with Gasteiger partial charge in [0.1, 0.15) is 11.5 Å². The lowest BCUT2D eigenvalue weighted by Gasteiger charge is -2.20. The van der Waals surface area contributed by atoms with Crippen LogP contribution in [0.15, 0.2) is 66.7 Å². The number of hydrogen-bond acceptors (Lipinski definition) is 2. The highest BCUT2D eigenvalue weighted by Gasteiger charge is 2.16. The van der Waals surface area contributed by atoms with Gasteiger partial charge >= 0.3 is 0 Å². The van der Waals surface area contributed by atoms with Crippen molar-refractivity contribution in [3.8, 4) is 22.6 Å². The summed E-state index contributed by atoms with van der Waals surface area (Å²) in [7, 11) is 0. The third-order valence-electron chi connectivity index (χ3n) is 5.15. The molecule has 0 atom stereocenters. The summed E-state index contributed by atoms with van der Waals surface area (Å²) >= 11 is 0. The predicted molar refractivity (Wildman–Crippen MR) is 121 cm³/mol. The lowest BCUT2D eigenvalue weighted by molar-refractivity contribution is 0.112. The molecule has 3 rings (SSSR count). The third kappa shape index (κ3) is 4.95. The van der Waals surface area contributed by atoms with Crippen LogP contribution in [-0.2, 0) is 10.8 Å². The Labute approximate surface area is 174 Å². The highest BCUT2D eigenvalue weighted by molar-refractivity contribution is 5.82. The topological polar surface area (TPSA) is 26.3 Å². The van der Waals surface area contributed by atoms with E-state index in [-0.39, 0.29) is 10.8 Å². The molecule has 0 saturated carbocycles. The molecule has 0 spiro atoms. The molecule has 0 amide bonds. The van der Waals surface area contributed by atoms with Gasteiger partial charge in [0.25, 0.3) is 0 Å². The van der Waals surface area contributed by atoms with Crippen LogP contribution >= 0.6 is 0 Å². The molecular formula is C27H30O2. The van der Waals surface area contributed by atoms with Crippen LogP contribution in [0, 0.1) is 0 Å². The van der Waals surface area contributed by atoms with E-state index in [0.29, 0.717) is 11.3 Å². The van der Waals surface area contributed by atoms with Gasteiger partial charge in [-0.05, 0) is 57.3 Å². The zero-order valence-electron chi connectivity index (χ0n) is 18.2. The Balaban J connectivity index is 1.95. The van der Waals surface area contributed by atoms with Crippen LogP contribution in [0.4, 0.5) is 0 Å². The molecule has 2 heteroatoms. The first-order chi connectivity index (χ1) is 13.6. The fourth-order valence-corrected chi connectivity index (χ4v) is 3.22. The summed E-state index contributed by atoms with van der Waals surface area (Å²) in [5.41, 5.74) is 5.30. The Morgan fingerprint density at radius 2 is 1.31 bits per heavy atom. The number of ether oxygens (including phenoxy) is 1. The Morgan fingerprint density at radius 1 is 0.690 bits per heavy atom. The maximum Gasteiger partial charge on any atom is 0.153 e. The number of aldehydes is 1. The fourth-order valence-electron chi connectivity index (χ4n) is 3.22. The lowest BCUT2D eigenvalue weighted by Crippen LogP contribution is -2.10. The van der Waals surface area contributed by atoms with E-state index < -0.39 is 0 Å². The molecule has 29 heavy (non-hydrogen) atoms. The molecule has 0 aromatic heterocycles. The Hall–Kier alpha value is -2.87. The smallest absolute Gasteiger partial charge is 0.153 e. The number of hydrogen-bond donors (Lipinski definition) is 0. The summed E-state index contributed by atoms with van der Waals surface area (Å²) in [4.78, 5) is 11.6. The van der Waals surface area contributed by atoms with Crippen molar-refractivity contribution >= 4 is 6.29 Å². The Kier molecular flexibility index (Phi) is 5.66. The normalized spacial score (nSPS) is 11.9. The van der Waals surface area contributed by atoms with Crippen molar-refractivity contribution in [2.45, 2.75) is 52.4 Å². The first-order valence-electron chi connectivity index (χ1n) is 10.1. The molecule has 150 valence electrons. The molecular weight excluding hydrogens is 356 g/mol. The number of carbonyl (C=O) groups excluding carboxylic acids is 1. The summed E-state index contributed by atoms with van der Waals surface area (Å²) < 4.78 is 6.15. The molecule has 0 unspecified atom stereocenters. The second-order valence-corrected chi connectivity index (χ2v) is 9.58. The second kappa shape index (κ2) is 7.87. The molecule has 0 aliphatic heterocycles. The Morgan fingerprint density at radius 3 is 1.90 bits per heavy atom. The standard InChI is InChI=1S/C27H30O2/c1-26(2,3)22-14-12-19(13-15-22)20-10-11-21(18-28)25(16-20)29-24-9-7-8-23(17-24)27(4,5)6/h7-18H,1-6H3. The van der Waals surface area contributed by atoms with E-state index in [4.69, 9.17) is 4.74 Å². The summed E-state index contributed by atoms with van der Waals surface area (Å²) in [5.74, 6) is 1.31. The average Bonchev–Trinajstić information content (AvgIpc) is 2.67. The quantitative estimate of drug-likeness (QED) is 0.433. The molecule has 0 radical (unpaired) electrons. The fraction of sp³-hybridized carbons (Fsp3) is 0.296. The van der Waals surface area contributed by atoms with Gasteiger partial charge in [-0.3, -0.25) is 4.79 Å². The average molecular weight is 387 g/mol. The van der Waals surface area contributed by atoms with Crippen molar-refractivity contribution in [3.05, 3.63) is 83.4 Å². The van der Waals surface area contributed by atoms with Crippen molar-refractivity contribution in [2.24, 2.45) is 0 Å². The minimum atomic E-state index is 0.0313. The van der Waals surface area contributed by atoms with E-state index in [1.54, 1.807) is 0 Å². The van der Waals surface area contributed by atoms with E-state index in [9.17, 15) is 4.79 Å². The van der Waals surface area contributed by atoms with Gasteiger partial charge in [0.05, 0.1) is 5.56 Å². The highest BCUT2D eigenvalue weighted by Crippen LogP contribution is 2.33.